The number of piperazine rings is 1. The van der Waals surface area contributed by atoms with Gasteiger partial charge in [-0.3, -0.25) is 9.59 Å². The van der Waals surface area contributed by atoms with Gasteiger partial charge in [0.1, 0.15) is 5.82 Å². The van der Waals surface area contributed by atoms with Crippen LogP contribution in [0.4, 0.5) is 11.5 Å². The summed E-state index contributed by atoms with van der Waals surface area (Å²) in [5.74, 6) is 1.60. The van der Waals surface area contributed by atoms with Crippen molar-refractivity contribution in [1.29, 1.82) is 0 Å². The van der Waals surface area contributed by atoms with Crippen molar-refractivity contribution < 1.29 is 14.0 Å². The first-order chi connectivity index (χ1) is 13.0. The molecule has 1 fully saturated rings. The van der Waals surface area contributed by atoms with Crippen LogP contribution >= 0.6 is 0 Å². The lowest BCUT2D eigenvalue weighted by atomic mass is 10.1. The van der Waals surface area contributed by atoms with Gasteiger partial charge in [-0.05, 0) is 36.6 Å². The molecule has 2 aromatic heterocycles. The van der Waals surface area contributed by atoms with E-state index in [-0.39, 0.29) is 17.6 Å². The average molecular weight is 370 g/mol. The molecule has 0 spiro atoms. The molecule has 1 N–H and O–H groups in total. The number of nitrogens with zero attached hydrogens (tertiary/aromatic N) is 3. The third kappa shape index (κ3) is 5.09. The van der Waals surface area contributed by atoms with Crippen molar-refractivity contribution in [2.24, 2.45) is 5.92 Å². The summed E-state index contributed by atoms with van der Waals surface area (Å²) in [4.78, 5) is 32.8. The molecular weight excluding hydrogens is 344 g/mol. The second-order valence-electron chi connectivity index (χ2n) is 7.14. The molecule has 1 aliphatic rings. The van der Waals surface area contributed by atoms with Gasteiger partial charge in [0.2, 0.25) is 5.91 Å². The van der Waals surface area contributed by atoms with Crippen LogP contribution in [0, 0.1) is 5.92 Å². The van der Waals surface area contributed by atoms with E-state index in [1.165, 1.54) is 6.26 Å². The Morgan fingerprint density at radius 2 is 1.96 bits per heavy atom. The van der Waals surface area contributed by atoms with Gasteiger partial charge in [0.05, 0.1) is 18.1 Å². The average Bonchev–Trinajstić information content (AvgIpc) is 3.22. The van der Waals surface area contributed by atoms with Crippen LogP contribution in [-0.2, 0) is 4.79 Å². The van der Waals surface area contributed by atoms with Gasteiger partial charge in [-0.15, -0.1) is 0 Å². The number of nitrogens with one attached hydrogen (secondary N) is 1. The summed E-state index contributed by atoms with van der Waals surface area (Å²) < 4.78 is 5.07. The number of furan rings is 1. The zero-order valence-corrected chi connectivity index (χ0v) is 15.9. The van der Waals surface area contributed by atoms with Crippen LogP contribution in [0.25, 0.3) is 0 Å². The van der Waals surface area contributed by atoms with E-state index in [0.29, 0.717) is 18.0 Å². The van der Waals surface area contributed by atoms with E-state index in [9.17, 15) is 9.59 Å². The molecule has 27 heavy (non-hydrogen) atoms. The lowest BCUT2D eigenvalue weighted by Gasteiger charge is -2.35. The predicted molar refractivity (Wildman–Crippen MR) is 104 cm³/mol. The maximum absolute atomic E-state index is 12.2. The van der Waals surface area contributed by atoms with Crippen molar-refractivity contribution in [1.82, 2.24) is 9.88 Å². The van der Waals surface area contributed by atoms with Crippen molar-refractivity contribution >= 4 is 23.3 Å². The highest BCUT2D eigenvalue weighted by Crippen LogP contribution is 2.18. The molecule has 7 heteroatoms. The molecule has 0 bridgehead atoms. The molecule has 144 valence electrons. The molecule has 1 aliphatic heterocycles. The molecular formula is C20H26N4O3. The third-order valence-electron chi connectivity index (χ3n) is 4.64. The Morgan fingerprint density at radius 3 is 2.56 bits per heavy atom. The molecule has 0 aliphatic carbocycles. The van der Waals surface area contributed by atoms with Crippen molar-refractivity contribution in [2.45, 2.75) is 26.7 Å². The van der Waals surface area contributed by atoms with E-state index in [2.05, 4.69) is 29.0 Å². The summed E-state index contributed by atoms with van der Waals surface area (Å²) in [5, 5.41) is 2.75. The SMILES string of the molecule is CC(C)CCC(=O)N1CCN(c2ccc(NC(=O)c3ccco3)cn2)CC1. The molecule has 3 rings (SSSR count). The minimum absolute atomic E-state index is 0.243. The maximum atomic E-state index is 12.2. The summed E-state index contributed by atoms with van der Waals surface area (Å²) in [7, 11) is 0. The van der Waals surface area contributed by atoms with Crippen LogP contribution in [0.3, 0.4) is 0 Å². The number of aromatic nitrogens is 1. The smallest absolute Gasteiger partial charge is 0.291 e. The molecule has 0 saturated carbocycles. The molecule has 0 aromatic carbocycles. The number of hydrogen-bond acceptors (Lipinski definition) is 5. The lowest BCUT2D eigenvalue weighted by Crippen LogP contribution is -2.49. The van der Waals surface area contributed by atoms with Crippen LogP contribution in [-0.4, -0.2) is 47.9 Å². The minimum Gasteiger partial charge on any atom is -0.459 e. The number of carbonyl (C=O) groups is 2. The summed E-state index contributed by atoms with van der Waals surface area (Å²) in [6.07, 6.45) is 4.66. The van der Waals surface area contributed by atoms with E-state index in [1.54, 1.807) is 18.3 Å². The van der Waals surface area contributed by atoms with E-state index in [4.69, 9.17) is 4.42 Å². The molecule has 0 radical (unpaired) electrons. The summed E-state index contributed by atoms with van der Waals surface area (Å²) in [5.41, 5.74) is 0.614. The van der Waals surface area contributed by atoms with E-state index >= 15 is 0 Å². The van der Waals surface area contributed by atoms with Gasteiger partial charge in [0, 0.05) is 32.6 Å². The highest BCUT2D eigenvalue weighted by molar-refractivity contribution is 6.02. The van der Waals surface area contributed by atoms with Gasteiger partial charge in [0.15, 0.2) is 5.76 Å². The number of anilines is 2. The third-order valence-corrected chi connectivity index (χ3v) is 4.64. The van der Waals surface area contributed by atoms with E-state index in [0.717, 1.165) is 38.4 Å². The Hall–Kier alpha value is -2.83. The van der Waals surface area contributed by atoms with Gasteiger partial charge in [-0.2, -0.15) is 0 Å². The van der Waals surface area contributed by atoms with Crippen molar-refractivity contribution in [2.75, 3.05) is 36.4 Å². The number of amides is 2. The van der Waals surface area contributed by atoms with Crippen molar-refractivity contribution in [3.8, 4) is 0 Å². The first-order valence-electron chi connectivity index (χ1n) is 9.36. The summed E-state index contributed by atoms with van der Waals surface area (Å²) in [6.45, 7) is 7.23. The summed E-state index contributed by atoms with van der Waals surface area (Å²) in [6, 6.07) is 6.99. The Kier molecular flexibility index (Phi) is 6.11. The first-order valence-corrected chi connectivity index (χ1v) is 9.36. The quantitative estimate of drug-likeness (QED) is 0.846. The second kappa shape index (κ2) is 8.70. The molecule has 0 unspecified atom stereocenters. The Bertz CT molecular complexity index is 748. The van der Waals surface area contributed by atoms with Crippen LogP contribution < -0.4 is 10.2 Å². The highest BCUT2D eigenvalue weighted by atomic mass is 16.3. The predicted octanol–water partition coefficient (Wildman–Crippen LogP) is 3.01. The molecule has 0 atom stereocenters. The van der Waals surface area contributed by atoms with Crippen LogP contribution in [0.2, 0.25) is 0 Å². The van der Waals surface area contributed by atoms with Gasteiger partial charge in [-0.1, -0.05) is 13.8 Å². The molecule has 2 aromatic rings. The van der Waals surface area contributed by atoms with Crippen LogP contribution in [0.5, 0.6) is 0 Å². The zero-order valence-electron chi connectivity index (χ0n) is 15.9. The Labute approximate surface area is 159 Å². The van der Waals surface area contributed by atoms with Crippen LogP contribution in [0.15, 0.2) is 41.1 Å². The zero-order chi connectivity index (χ0) is 19.2. The van der Waals surface area contributed by atoms with Crippen molar-refractivity contribution in [3.63, 3.8) is 0 Å². The topological polar surface area (TPSA) is 78.7 Å². The fraction of sp³-hybridized carbons (Fsp3) is 0.450. The fourth-order valence-corrected chi connectivity index (χ4v) is 3.00. The molecule has 2 amide bonds. The molecule has 3 heterocycles. The number of pyridine rings is 1. The number of rotatable bonds is 6. The second-order valence-corrected chi connectivity index (χ2v) is 7.14. The lowest BCUT2D eigenvalue weighted by molar-refractivity contribution is -0.131. The van der Waals surface area contributed by atoms with Gasteiger partial charge in [-0.25, -0.2) is 4.98 Å². The Balaban J connectivity index is 1.50. The first kappa shape index (κ1) is 18.9. The van der Waals surface area contributed by atoms with E-state index < -0.39 is 0 Å². The van der Waals surface area contributed by atoms with Gasteiger partial charge < -0.3 is 19.5 Å². The molecule has 7 nitrogen and oxygen atoms in total. The number of hydrogen-bond donors (Lipinski definition) is 1. The normalized spacial score (nSPS) is 14.5. The maximum Gasteiger partial charge on any atom is 0.291 e. The standard InChI is InChI=1S/C20H26N4O3/c1-15(2)5-8-19(25)24-11-9-23(10-12-24)18-7-6-16(14-21-18)22-20(26)17-4-3-13-27-17/h3-4,6-7,13-15H,5,8-12H2,1-2H3,(H,22,26). The highest BCUT2D eigenvalue weighted by Gasteiger charge is 2.21. The van der Waals surface area contributed by atoms with Gasteiger partial charge in [0.25, 0.3) is 5.91 Å². The van der Waals surface area contributed by atoms with E-state index in [1.807, 2.05) is 17.0 Å². The fourth-order valence-electron chi connectivity index (χ4n) is 3.00. The van der Waals surface area contributed by atoms with Gasteiger partial charge >= 0.3 is 0 Å². The Morgan fingerprint density at radius 1 is 1.19 bits per heavy atom. The summed E-state index contributed by atoms with van der Waals surface area (Å²) >= 11 is 0. The van der Waals surface area contributed by atoms with Crippen molar-refractivity contribution in [3.05, 3.63) is 42.5 Å². The monoisotopic (exact) mass is 370 g/mol. The van der Waals surface area contributed by atoms with Crippen LogP contribution in [0.1, 0.15) is 37.2 Å². The number of carbonyl (C=O) groups excluding carboxylic acids is 2. The minimum atomic E-state index is -0.303. The largest absolute Gasteiger partial charge is 0.459 e. The molecule has 1 saturated heterocycles.